The molecule has 11 rings (SSSR count). The van der Waals surface area contributed by atoms with Crippen molar-refractivity contribution in [1.82, 2.24) is 0 Å². The first-order valence-corrected chi connectivity index (χ1v) is 20.5. The molecule has 0 spiro atoms. The number of fused-ring (bicyclic) bond motifs is 12. The van der Waals surface area contributed by atoms with Gasteiger partial charge >= 0.3 is 0 Å². The van der Waals surface area contributed by atoms with Gasteiger partial charge < -0.3 is 9.80 Å². The van der Waals surface area contributed by atoms with Crippen LogP contribution in [0.5, 0.6) is 0 Å². The molecule has 3 aromatic carbocycles. The summed E-state index contributed by atoms with van der Waals surface area (Å²) in [5.74, 6) is 3.47. The van der Waals surface area contributed by atoms with Gasteiger partial charge in [0, 0.05) is 33.6 Å². The quantitative estimate of drug-likeness (QED) is 0.224. The molecule has 4 heterocycles. The average molecular weight is 649 g/mol. The van der Waals surface area contributed by atoms with E-state index in [0.29, 0.717) is 6.71 Å². The Morgan fingerprint density at radius 1 is 0.592 bits per heavy atom. The van der Waals surface area contributed by atoms with Gasteiger partial charge in [-0.05, 0) is 114 Å². The molecule has 4 saturated carbocycles. The highest BCUT2D eigenvalue weighted by Gasteiger charge is 2.67. The maximum atomic E-state index is 3.00. The van der Waals surface area contributed by atoms with Gasteiger partial charge in [-0.15, -0.1) is 0 Å². The lowest BCUT2D eigenvalue weighted by molar-refractivity contribution is 0.0573. The lowest BCUT2D eigenvalue weighted by atomic mass is 9.33. The highest BCUT2D eigenvalue weighted by molar-refractivity contribution is 7.00. The van der Waals surface area contributed by atoms with Gasteiger partial charge in [0.1, 0.15) is 0 Å². The van der Waals surface area contributed by atoms with Crippen molar-refractivity contribution in [2.45, 2.75) is 153 Å². The summed E-state index contributed by atoms with van der Waals surface area (Å²) < 4.78 is 0. The summed E-state index contributed by atoms with van der Waals surface area (Å²) in [4.78, 5) is 5.96. The van der Waals surface area contributed by atoms with Gasteiger partial charge in [0.25, 0.3) is 6.71 Å². The van der Waals surface area contributed by atoms with Crippen molar-refractivity contribution in [2.75, 3.05) is 9.80 Å². The fraction of sp³-hybridized carbons (Fsp3) is 0.609. The maximum Gasteiger partial charge on any atom is 0.252 e. The minimum Gasteiger partial charge on any atom is -0.335 e. The lowest BCUT2D eigenvalue weighted by Crippen LogP contribution is -2.67. The topological polar surface area (TPSA) is 6.48 Å². The molecule has 4 fully saturated rings. The Morgan fingerprint density at radius 2 is 1.10 bits per heavy atom. The molecule has 49 heavy (non-hydrogen) atoms. The van der Waals surface area contributed by atoms with Gasteiger partial charge in [0.15, 0.2) is 0 Å². The van der Waals surface area contributed by atoms with Crippen LogP contribution in [-0.2, 0) is 16.2 Å². The fourth-order valence-corrected chi connectivity index (χ4v) is 14.8. The third-order valence-electron chi connectivity index (χ3n) is 17.3. The number of nitrogens with zero attached hydrogens (tertiary/aromatic N) is 2. The largest absolute Gasteiger partial charge is 0.335 e. The van der Waals surface area contributed by atoms with E-state index in [-0.39, 0.29) is 27.3 Å². The van der Waals surface area contributed by atoms with Crippen molar-refractivity contribution < 1.29 is 0 Å². The molecule has 0 amide bonds. The Kier molecular flexibility index (Phi) is 5.64. The zero-order valence-electron chi connectivity index (χ0n) is 31.4. The Morgan fingerprint density at radius 3 is 1.71 bits per heavy atom. The molecule has 2 nitrogen and oxygen atoms in total. The summed E-state index contributed by atoms with van der Waals surface area (Å²) >= 11 is 0. The Balaban J connectivity index is 1.20. The second-order valence-corrected chi connectivity index (χ2v) is 20.4. The van der Waals surface area contributed by atoms with Crippen LogP contribution in [0.25, 0.3) is 0 Å². The average Bonchev–Trinajstić information content (AvgIpc) is 3.40. The van der Waals surface area contributed by atoms with Crippen molar-refractivity contribution >= 4 is 45.9 Å². The van der Waals surface area contributed by atoms with Crippen molar-refractivity contribution in [3.8, 4) is 0 Å². The molecule has 0 aromatic heterocycles. The number of hydrogen-bond acceptors (Lipinski definition) is 2. The van der Waals surface area contributed by atoms with Gasteiger partial charge in [-0.1, -0.05) is 122 Å². The Hall–Kier alpha value is -2.68. The summed E-state index contributed by atoms with van der Waals surface area (Å²) in [6.45, 7) is 18.5. The van der Waals surface area contributed by atoms with Crippen LogP contribution < -0.4 is 26.2 Å². The minimum absolute atomic E-state index is 0.0652. The van der Waals surface area contributed by atoms with Crippen LogP contribution in [0.2, 0.25) is 0 Å². The van der Waals surface area contributed by atoms with Crippen LogP contribution in [-0.4, -0.2) is 17.8 Å². The van der Waals surface area contributed by atoms with Crippen LogP contribution in [0.3, 0.4) is 0 Å². The first-order valence-electron chi connectivity index (χ1n) is 20.5. The molecule has 0 saturated heterocycles. The number of hydrogen-bond donors (Lipinski definition) is 0. The van der Waals surface area contributed by atoms with Gasteiger partial charge in [-0.2, -0.15) is 0 Å². The summed E-state index contributed by atoms with van der Waals surface area (Å²) in [5, 5.41) is 0. The van der Waals surface area contributed by atoms with E-state index in [4.69, 9.17) is 0 Å². The molecule has 0 bridgehead atoms. The van der Waals surface area contributed by atoms with E-state index in [0.717, 1.165) is 23.7 Å². The van der Waals surface area contributed by atoms with E-state index in [9.17, 15) is 0 Å². The van der Waals surface area contributed by atoms with Gasteiger partial charge in [0.2, 0.25) is 0 Å². The first kappa shape index (κ1) is 30.0. The zero-order chi connectivity index (χ0) is 33.5. The van der Waals surface area contributed by atoms with Crippen molar-refractivity contribution in [3.05, 3.63) is 65.2 Å². The molecule has 0 radical (unpaired) electrons. The number of rotatable bonds is 0. The van der Waals surface area contributed by atoms with E-state index in [1.807, 2.05) is 0 Å². The first-order chi connectivity index (χ1) is 23.4. The summed E-state index contributed by atoms with van der Waals surface area (Å²) in [6.07, 6.45) is 16.8. The molecule has 8 atom stereocenters. The van der Waals surface area contributed by atoms with Crippen LogP contribution in [0.4, 0.5) is 22.7 Å². The van der Waals surface area contributed by atoms with Crippen LogP contribution in [0.1, 0.15) is 142 Å². The molecule has 3 aromatic rings. The number of para-hydroxylation sites is 1. The highest BCUT2D eigenvalue weighted by Crippen LogP contribution is 2.68. The minimum atomic E-state index is 0.0652. The molecule has 8 unspecified atom stereocenters. The van der Waals surface area contributed by atoms with Crippen molar-refractivity contribution in [3.63, 3.8) is 0 Å². The maximum absolute atomic E-state index is 3.00. The van der Waals surface area contributed by atoms with E-state index >= 15 is 0 Å². The molecule has 4 aliphatic carbocycles. The third-order valence-corrected chi connectivity index (χ3v) is 17.3. The summed E-state index contributed by atoms with van der Waals surface area (Å²) in [7, 11) is 0. The predicted octanol–water partition coefficient (Wildman–Crippen LogP) is 9.66. The standard InChI is InChI=1S/C46H57BN2/c1-42(2,3)32-22-23-35-41-38(32)44(5)25-29-15-9-11-17-31(29)27-46(44,7)49(41)37-21-13-20-36-39(37)47(35)34-19-12-18-33-40(34)48(36)45(6)26-30-16-10-8-14-28(30)24-43(33,45)4/h12-13,18-23,28-31H,8-11,14-17,24-27H2,1-7H3. The van der Waals surface area contributed by atoms with Gasteiger partial charge in [-0.25, -0.2) is 0 Å². The normalized spacial score (nSPS) is 39.0. The smallest absolute Gasteiger partial charge is 0.252 e. The zero-order valence-corrected chi connectivity index (χ0v) is 31.4. The third kappa shape index (κ3) is 3.31. The Labute approximate surface area is 296 Å². The SMILES string of the molecule is CC(C)(C)c1ccc2c3c1C1(C)CC4CCCCC4CC1(C)N3c1cccc3c1B2c1cccc2c1N3C1(C)CC3CCCCC3CC21C. The van der Waals surface area contributed by atoms with Crippen molar-refractivity contribution in [2.24, 2.45) is 23.7 Å². The van der Waals surface area contributed by atoms with Gasteiger partial charge in [0.05, 0.1) is 11.1 Å². The van der Waals surface area contributed by atoms with E-state index in [1.54, 1.807) is 44.5 Å². The van der Waals surface area contributed by atoms with Crippen LogP contribution in [0.15, 0.2) is 48.5 Å². The molecule has 0 N–H and O–H groups in total. The van der Waals surface area contributed by atoms with E-state index in [2.05, 4.69) is 107 Å². The van der Waals surface area contributed by atoms with E-state index in [1.165, 1.54) is 88.4 Å². The Bertz CT molecular complexity index is 1950. The van der Waals surface area contributed by atoms with Crippen LogP contribution in [0, 0.1) is 23.7 Å². The number of anilines is 4. The monoisotopic (exact) mass is 648 g/mol. The highest BCUT2D eigenvalue weighted by atomic mass is 15.3. The lowest BCUT2D eigenvalue weighted by Gasteiger charge is -2.58. The van der Waals surface area contributed by atoms with Crippen molar-refractivity contribution in [1.29, 1.82) is 0 Å². The number of benzene rings is 3. The predicted molar refractivity (Wildman–Crippen MR) is 208 cm³/mol. The van der Waals surface area contributed by atoms with Gasteiger partial charge in [-0.3, -0.25) is 0 Å². The van der Waals surface area contributed by atoms with E-state index < -0.39 is 0 Å². The summed E-state index contributed by atoms with van der Waals surface area (Å²) in [6, 6.07) is 20.3. The molecule has 254 valence electrons. The molecular formula is C46H57BN2. The second kappa shape index (κ2) is 9.21. The molecule has 8 aliphatic rings. The van der Waals surface area contributed by atoms with Crippen LogP contribution >= 0.6 is 0 Å². The molecule has 4 aliphatic heterocycles. The summed E-state index contributed by atoms with van der Waals surface area (Å²) in [5.41, 5.74) is 16.5. The molecular weight excluding hydrogens is 591 g/mol. The second-order valence-electron chi connectivity index (χ2n) is 20.4. The molecule has 3 heteroatoms. The fourth-order valence-electron chi connectivity index (χ4n) is 14.8.